The van der Waals surface area contributed by atoms with Gasteiger partial charge in [0.25, 0.3) is 5.56 Å². The fourth-order valence-corrected chi connectivity index (χ4v) is 5.54. The molecule has 6 heteroatoms. The zero-order valence-corrected chi connectivity index (χ0v) is 16.0. The Hall–Kier alpha value is -1.79. The number of thiophene rings is 1. The van der Waals surface area contributed by atoms with Crippen LogP contribution in [0.3, 0.4) is 0 Å². The van der Waals surface area contributed by atoms with Crippen LogP contribution in [0, 0.1) is 6.92 Å². The molecule has 1 N–H and O–H groups in total. The molecule has 0 fully saturated rings. The predicted molar refractivity (Wildman–Crippen MR) is 104 cm³/mol. The third-order valence-corrected chi connectivity index (χ3v) is 6.71. The number of rotatable bonds is 4. The Kier molecular flexibility index (Phi) is 4.56. The molecule has 0 saturated heterocycles. The van der Waals surface area contributed by atoms with E-state index in [1.54, 1.807) is 30.2 Å². The van der Waals surface area contributed by atoms with Gasteiger partial charge in [0.1, 0.15) is 10.6 Å². The number of aryl methyl sites for hydroxylation is 3. The molecule has 3 aromatic rings. The van der Waals surface area contributed by atoms with E-state index < -0.39 is 0 Å². The first kappa shape index (κ1) is 16.7. The van der Waals surface area contributed by atoms with Crippen LogP contribution in [0.4, 0.5) is 0 Å². The molecule has 0 spiro atoms. The van der Waals surface area contributed by atoms with Crippen LogP contribution in [0.15, 0.2) is 28.2 Å². The van der Waals surface area contributed by atoms with Crippen molar-refractivity contribution in [1.82, 2.24) is 9.97 Å². The summed E-state index contributed by atoms with van der Waals surface area (Å²) in [5.41, 5.74) is 3.54. The number of thioether (sulfide) groups is 1. The zero-order chi connectivity index (χ0) is 17.4. The lowest BCUT2D eigenvalue weighted by Crippen LogP contribution is -2.11. The normalized spacial score (nSPS) is 13.8. The van der Waals surface area contributed by atoms with Crippen LogP contribution in [-0.4, -0.2) is 17.1 Å². The van der Waals surface area contributed by atoms with Crippen molar-refractivity contribution in [2.24, 2.45) is 0 Å². The first-order valence-corrected chi connectivity index (χ1v) is 10.3. The Morgan fingerprint density at radius 2 is 2.16 bits per heavy atom. The maximum absolute atomic E-state index is 12.6. The summed E-state index contributed by atoms with van der Waals surface area (Å²) in [7, 11) is 1.68. The monoisotopic (exact) mass is 372 g/mol. The minimum atomic E-state index is 0.00288. The number of benzene rings is 1. The molecule has 0 aliphatic heterocycles. The molecule has 4 nitrogen and oxygen atoms in total. The molecular weight excluding hydrogens is 352 g/mol. The predicted octanol–water partition coefficient (Wildman–Crippen LogP) is 4.47. The summed E-state index contributed by atoms with van der Waals surface area (Å²) < 4.78 is 5.43. The molecule has 25 heavy (non-hydrogen) atoms. The van der Waals surface area contributed by atoms with E-state index in [0.717, 1.165) is 34.4 Å². The van der Waals surface area contributed by atoms with Gasteiger partial charge in [-0.05, 0) is 44.2 Å². The van der Waals surface area contributed by atoms with E-state index in [1.807, 2.05) is 12.1 Å². The van der Waals surface area contributed by atoms with Gasteiger partial charge in [-0.1, -0.05) is 29.5 Å². The maximum atomic E-state index is 12.6. The molecule has 0 atom stereocenters. The number of methoxy groups -OCH3 is 1. The summed E-state index contributed by atoms with van der Waals surface area (Å²) in [5, 5.41) is 1.50. The molecule has 130 valence electrons. The highest BCUT2D eigenvalue weighted by molar-refractivity contribution is 7.98. The number of H-pyrrole nitrogens is 1. The standard InChI is InChI=1S/C19H20N2O2S2/c1-11-7-8-14(23-2)12(9-11)10-24-19-20-17(22)16-13-5-3-4-6-15(13)25-18(16)21-19/h7-9H,3-6,10H2,1-2H3,(H,20,21,22). The number of nitrogens with one attached hydrogen (secondary N) is 1. The number of aromatic amines is 1. The summed E-state index contributed by atoms with van der Waals surface area (Å²) >= 11 is 3.24. The average Bonchev–Trinajstić information content (AvgIpc) is 2.99. The van der Waals surface area contributed by atoms with Crippen molar-refractivity contribution in [3.63, 3.8) is 0 Å². The van der Waals surface area contributed by atoms with Crippen molar-refractivity contribution in [3.8, 4) is 5.75 Å². The lowest BCUT2D eigenvalue weighted by molar-refractivity contribution is 0.411. The molecule has 0 unspecified atom stereocenters. The van der Waals surface area contributed by atoms with E-state index >= 15 is 0 Å². The summed E-state index contributed by atoms with van der Waals surface area (Å²) in [6.45, 7) is 2.07. The highest BCUT2D eigenvalue weighted by atomic mass is 32.2. The zero-order valence-electron chi connectivity index (χ0n) is 14.3. The average molecular weight is 373 g/mol. The topological polar surface area (TPSA) is 55.0 Å². The number of nitrogens with zero attached hydrogens (tertiary/aromatic N) is 1. The van der Waals surface area contributed by atoms with Gasteiger partial charge in [0.15, 0.2) is 5.16 Å². The van der Waals surface area contributed by atoms with Crippen LogP contribution < -0.4 is 10.3 Å². The van der Waals surface area contributed by atoms with E-state index in [1.165, 1.54) is 28.8 Å². The fourth-order valence-electron chi connectivity index (χ4n) is 3.38. The lowest BCUT2D eigenvalue weighted by atomic mass is 9.97. The van der Waals surface area contributed by atoms with Crippen LogP contribution in [0.25, 0.3) is 10.2 Å². The first-order chi connectivity index (χ1) is 12.2. The second-order valence-corrected chi connectivity index (χ2v) is 8.41. The largest absolute Gasteiger partial charge is 0.496 e. The van der Waals surface area contributed by atoms with Crippen LogP contribution in [-0.2, 0) is 18.6 Å². The second kappa shape index (κ2) is 6.84. The summed E-state index contributed by atoms with van der Waals surface area (Å²) in [5.74, 6) is 1.58. The molecule has 1 aliphatic rings. The first-order valence-electron chi connectivity index (χ1n) is 8.46. The Morgan fingerprint density at radius 1 is 1.32 bits per heavy atom. The molecule has 0 saturated carbocycles. The van der Waals surface area contributed by atoms with Gasteiger partial charge in [0.05, 0.1) is 12.5 Å². The molecule has 1 aliphatic carbocycles. The van der Waals surface area contributed by atoms with Crippen LogP contribution in [0.2, 0.25) is 0 Å². The Morgan fingerprint density at radius 3 is 3.00 bits per heavy atom. The van der Waals surface area contributed by atoms with Gasteiger partial charge in [-0.25, -0.2) is 4.98 Å². The highest BCUT2D eigenvalue weighted by Gasteiger charge is 2.20. The summed E-state index contributed by atoms with van der Waals surface area (Å²) in [4.78, 5) is 22.5. The van der Waals surface area contributed by atoms with E-state index in [0.29, 0.717) is 10.9 Å². The Bertz CT molecular complexity index is 991. The maximum Gasteiger partial charge on any atom is 0.260 e. The molecule has 2 aromatic heterocycles. The van der Waals surface area contributed by atoms with Crippen molar-refractivity contribution in [1.29, 1.82) is 0 Å². The highest BCUT2D eigenvalue weighted by Crippen LogP contribution is 2.34. The number of fused-ring (bicyclic) bond motifs is 3. The SMILES string of the molecule is COc1ccc(C)cc1CSc1nc2sc3c(c2c(=O)[nH]1)CCCC3. The van der Waals surface area contributed by atoms with E-state index in [2.05, 4.69) is 18.0 Å². The van der Waals surface area contributed by atoms with Gasteiger partial charge < -0.3 is 9.72 Å². The molecular formula is C19H20N2O2S2. The van der Waals surface area contributed by atoms with Gasteiger partial charge in [-0.2, -0.15) is 0 Å². The smallest absolute Gasteiger partial charge is 0.260 e. The number of ether oxygens (including phenoxy) is 1. The van der Waals surface area contributed by atoms with Gasteiger partial charge in [0.2, 0.25) is 0 Å². The van der Waals surface area contributed by atoms with E-state index in [9.17, 15) is 4.79 Å². The van der Waals surface area contributed by atoms with Crippen LogP contribution in [0.1, 0.15) is 34.4 Å². The molecule has 0 bridgehead atoms. The summed E-state index contributed by atoms with van der Waals surface area (Å²) in [6, 6.07) is 6.14. The van der Waals surface area contributed by atoms with Gasteiger partial charge in [-0.3, -0.25) is 4.79 Å². The quantitative estimate of drug-likeness (QED) is 0.542. The van der Waals surface area contributed by atoms with Gasteiger partial charge in [-0.15, -0.1) is 11.3 Å². The van der Waals surface area contributed by atoms with Crippen molar-refractivity contribution >= 4 is 33.3 Å². The molecule has 1 aromatic carbocycles. The van der Waals surface area contributed by atoms with Crippen molar-refractivity contribution in [2.75, 3.05) is 7.11 Å². The molecule has 0 radical (unpaired) electrons. The van der Waals surface area contributed by atoms with Gasteiger partial charge >= 0.3 is 0 Å². The number of hydrogen-bond acceptors (Lipinski definition) is 5. The number of hydrogen-bond donors (Lipinski definition) is 1. The number of aromatic nitrogens is 2. The Balaban J connectivity index is 1.65. The van der Waals surface area contributed by atoms with Crippen molar-refractivity contribution < 1.29 is 4.74 Å². The third kappa shape index (κ3) is 3.20. The lowest BCUT2D eigenvalue weighted by Gasteiger charge is -2.10. The summed E-state index contributed by atoms with van der Waals surface area (Å²) in [6.07, 6.45) is 4.47. The molecule has 0 amide bonds. The van der Waals surface area contributed by atoms with E-state index in [4.69, 9.17) is 9.72 Å². The van der Waals surface area contributed by atoms with Crippen LogP contribution >= 0.6 is 23.1 Å². The fraction of sp³-hybridized carbons (Fsp3) is 0.368. The van der Waals surface area contributed by atoms with E-state index in [-0.39, 0.29) is 5.56 Å². The Labute approximate surface area is 154 Å². The second-order valence-electron chi connectivity index (χ2n) is 6.37. The van der Waals surface area contributed by atoms with Crippen LogP contribution in [0.5, 0.6) is 5.75 Å². The van der Waals surface area contributed by atoms with Crippen molar-refractivity contribution in [3.05, 3.63) is 50.1 Å². The van der Waals surface area contributed by atoms with Crippen molar-refractivity contribution in [2.45, 2.75) is 43.5 Å². The molecule has 2 heterocycles. The third-order valence-electron chi connectivity index (χ3n) is 4.60. The molecule has 4 rings (SSSR count). The minimum Gasteiger partial charge on any atom is -0.496 e. The van der Waals surface area contributed by atoms with Gasteiger partial charge in [0, 0.05) is 16.2 Å². The minimum absolute atomic E-state index is 0.00288.